The number of carbonyl (C=O) groups is 1. The molecule has 1 atom stereocenters. The van der Waals surface area contributed by atoms with Crippen molar-refractivity contribution in [3.05, 3.63) is 107 Å². The highest BCUT2D eigenvalue weighted by molar-refractivity contribution is 6.30. The van der Waals surface area contributed by atoms with E-state index in [9.17, 15) is 10.0 Å². The second-order valence-corrected chi connectivity index (χ2v) is 8.74. The van der Waals surface area contributed by atoms with Gasteiger partial charge in [-0.2, -0.15) is 5.06 Å². The van der Waals surface area contributed by atoms with Crippen LogP contribution in [0.2, 0.25) is 5.02 Å². The van der Waals surface area contributed by atoms with Crippen LogP contribution in [-0.4, -0.2) is 38.7 Å². The Kier molecular flexibility index (Phi) is 8.28. The van der Waals surface area contributed by atoms with Crippen LogP contribution in [-0.2, 0) is 11.4 Å². The molecule has 36 heavy (non-hydrogen) atoms. The highest BCUT2D eigenvalue weighted by atomic mass is 35.5. The molecule has 0 saturated heterocycles. The first-order valence-electron chi connectivity index (χ1n) is 11.5. The average molecular weight is 504 g/mol. The molecule has 0 bridgehead atoms. The largest absolute Gasteiger partial charge is 0.487 e. The molecule has 0 aliphatic heterocycles. The van der Waals surface area contributed by atoms with Gasteiger partial charge in [-0.15, -0.1) is 0 Å². The molecule has 1 aromatic heterocycles. The summed E-state index contributed by atoms with van der Waals surface area (Å²) in [6, 6.07) is 27.1. The number of ether oxygens (including phenoxy) is 1. The lowest BCUT2D eigenvalue weighted by Gasteiger charge is -2.21. The topological polar surface area (TPSA) is 107 Å². The number of rotatable bonds is 9. The number of nitrogens with zero attached hydrogens (tertiary/aromatic N) is 2. The molecule has 0 saturated carbocycles. The molecule has 0 radical (unpaired) electrons. The van der Waals surface area contributed by atoms with Crippen molar-refractivity contribution in [3.8, 4) is 5.75 Å². The second kappa shape index (κ2) is 11.8. The molecule has 0 aliphatic carbocycles. The van der Waals surface area contributed by atoms with Crippen LogP contribution in [0.25, 0.3) is 10.9 Å². The van der Waals surface area contributed by atoms with E-state index in [1.165, 1.54) is 0 Å². The first kappa shape index (κ1) is 25.3. The summed E-state index contributed by atoms with van der Waals surface area (Å²) in [6.07, 6.45) is 0.582. The van der Waals surface area contributed by atoms with Crippen LogP contribution in [0, 0.1) is 5.41 Å². The van der Waals surface area contributed by atoms with Gasteiger partial charge in [-0.3, -0.25) is 15.4 Å². The number of fused-ring (bicyclic) bond motifs is 1. The molecule has 3 N–H and O–H groups in total. The quantitative estimate of drug-likeness (QED) is 0.120. The predicted octanol–water partition coefficient (Wildman–Crippen LogP) is 5.57. The molecule has 184 valence electrons. The van der Waals surface area contributed by atoms with Crippen molar-refractivity contribution >= 4 is 34.2 Å². The number of para-hydroxylation sites is 1. The minimum absolute atomic E-state index is 0.114. The van der Waals surface area contributed by atoms with Crippen LogP contribution in [0.4, 0.5) is 0 Å². The standard InChI is InChI=1S/C28H26ClN3O4/c29-22-10-5-19(6-11-22)25(15-16-27(30)32(35)28(34)17-33)20-8-13-24(14-9-20)36-18-23-12-7-21-3-1-2-4-26(21)31-23/h1-14,25,30,33,35H,15-18H2. The highest BCUT2D eigenvalue weighted by Crippen LogP contribution is 2.31. The van der Waals surface area contributed by atoms with Crippen molar-refractivity contribution in [2.45, 2.75) is 25.4 Å². The number of hydroxylamine groups is 2. The number of hydrogen-bond donors (Lipinski definition) is 3. The van der Waals surface area contributed by atoms with Crippen LogP contribution in [0.1, 0.15) is 35.6 Å². The fraction of sp³-hybridized carbons (Fsp3) is 0.179. The van der Waals surface area contributed by atoms with E-state index in [0.29, 0.717) is 23.8 Å². The summed E-state index contributed by atoms with van der Waals surface area (Å²) < 4.78 is 5.95. The van der Waals surface area contributed by atoms with Gasteiger partial charge in [0, 0.05) is 22.7 Å². The lowest BCUT2D eigenvalue weighted by atomic mass is 9.87. The van der Waals surface area contributed by atoms with E-state index in [1.807, 2.05) is 72.8 Å². The van der Waals surface area contributed by atoms with Crippen LogP contribution < -0.4 is 4.74 Å². The van der Waals surface area contributed by atoms with Crippen LogP contribution in [0.5, 0.6) is 5.75 Å². The van der Waals surface area contributed by atoms with Crippen LogP contribution in [0.15, 0.2) is 84.9 Å². The first-order chi connectivity index (χ1) is 17.4. The predicted molar refractivity (Wildman–Crippen MR) is 138 cm³/mol. The Labute approximate surface area is 214 Å². The number of amidine groups is 1. The number of halogens is 1. The summed E-state index contributed by atoms with van der Waals surface area (Å²) in [5.41, 5.74) is 3.73. The molecule has 0 aliphatic rings. The van der Waals surface area contributed by atoms with Crippen molar-refractivity contribution in [3.63, 3.8) is 0 Å². The van der Waals surface area contributed by atoms with Gasteiger partial charge in [-0.1, -0.05) is 60.1 Å². The van der Waals surface area contributed by atoms with E-state index in [1.54, 1.807) is 12.1 Å². The van der Waals surface area contributed by atoms with E-state index in [2.05, 4.69) is 4.98 Å². The van der Waals surface area contributed by atoms with E-state index < -0.39 is 12.5 Å². The van der Waals surface area contributed by atoms with E-state index in [4.69, 9.17) is 26.9 Å². The molecule has 1 heterocycles. The average Bonchev–Trinajstić information content (AvgIpc) is 2.92. The van der Waals surface area contributed by atoms with Gasteiger partial charge in [0.05, 0.1) is 11.2 Å². The molecule has 3 aromatic carbocycles. The number of hydrogen-bond acceptors (Lipinski definition) is 6. The number of nitrogens with one attached hydrogen (secondary N) is 1. The molecule has 0 fully saturated rings. The lowest BCUT2D eigenvalue weighted by Crippen LogP contribution is -2.35. The molecule has 1 unspecified atom stereocenters. The summed E-state index contributed by atoms with van der Waals surface area (Å²) in [5, 5.41) is 28.6. The fourth-order valence-electron chi connectivity index (χ4n) is 3.97. The molecule has 0 spiro atoms. The Morgan fingerprint density at radius 3 is 2.33 bits per heavy atom. The Hall–Kier alpha value is -3.78. The molecular weight excluding hydrogens is 478 g/mol. The highest BCUT2D eigenvalue weighted by Gasteiger charge is 2.20. The van der Waals surface area contributed by atoms with Crippen molar-refractivity contribution in [2.24, 2.45) is 0 Å². The van der Waals surface area contributed by atoms with Crippen molar-refractivity contribution < 1.29 is 19.8 Å². The van der Waals surface area contributed by atoms with Crippen molar-refractivity contribution in [2.75, 3.05) is 6.61 Å². The number of aliphatic hydroxyl groups excluding tert-OH is 1. The van der Waals surface area contributed by atoms with E-state index in [0.717, 1.165) is 27.7 Å². The summed E-state index contributed by atoms with van der Waals surface area (Å²) >= 11 is 6.06. The maximum atomic E-state index is 11.5. The van der Waals surface area contributed by atoms with Gasteiger partial charge in [0.1, 0.15) is 24.8 Å². The number of benzene rings is 3. The van der Waals surface area contributed by atoms with Gasteiger partial charge in [0.25, 0.3) is 5.91 Å². The summed E-state index contributed by atoms with van der Waals surface area (Å²) in [4.78, 5) is 16.1. The van der Waals surface area contributed by atoms with E-state index >= 15 is 0 Å². The number of aromatic nitrogens is 1. The van der Waals surface area contributed by atoms with Gasteiger partial charge in [0.15, 0.2) is 0 Å². The molecule has 1 amide bonds. The third-order valence-electron chi connectivity index (χ3n) is 5.89. The van der Waals surface area contributed by atoms with Gasteiger partial charge < -0.3 is 9.84 Å². The van der Waals surface area contributed by atoms with Crippen molar-refractivity contribution in [1.29, 1.82) is 5.41 Å². The fourth-order valence-corrected chi connectivity index (χ4v) is 4.09. The maximum Gasteiger partial charge on any atom is 0.277 e. The molecule has 4 aromatic rings. The van der Waals surface area contributed by atoms with Crippen LogP contribution >= 0.6 is 11.6 Å². The minimum Gasteiger partial charge on any atom is -0.487 e. The number of carbonyl (C=O) groups excluding carboxylic acids is 1. The van der Waals surface area contributed by atoms with E-state index in [-0.39, 0.29) is 23.2 Å². The smallest absolute Gasteiger partial charge is 0.277 e. The molecule has 4 rings (SSSR count). The first-order valence-corrected chi connectivity index (χ1v) is 11.9. The third kappa shape index (κ3) is 6.26. The molecule has 7 nitrogen and oxygen atoms in total. The summed E-state index contributed by atoms with van der Waals surface area (Å²) in [6.45, 7) is -0.525. The van der Waals surface area contributed by atoms with Gasteiger partial charge in [0.2, 0.25) is 0 Å². The summed E-state index contributed by atoms with van der Waals surface area (Å²) in [5.74, 6) is -0.635. The number of amides is 1. The van der Waals surface area contributed by atoms with Gasteiger partial charge >= 0.3 is 0 Å². The SMILES string of the molecule is N=C(CCC(c1ccc(Cl)cc1)c1ccc(OCc2ccc3ccccc3n2)cc1)N(O)C(=O)CO. The zero-order valence-electron chi connectivity index (χ0n) is 19.5. The van der Waals surface area contributed by atoms with Gasteiger partial charge in [-0.05, 0) is 53.9 Å². The third-order valence-corrected chi connectivity index (χ3v) is 6.15. The molecular formula is C28H26ClN3O4. The summed E-state index contributed by atoms with van der Waals surface area (Å²) in [7, 11) is 0. The second-order valence-electron chi connectivity index (χ2n) is 8.31. The Balaban J connectivity index is 1.46. The normalized spacial score (nSPS) is 11.8. The zero-order chi connectivity index (χ0) is 25.5. The van der Waals surface area contributed by atoms with Crippen LogP contribution in [0.3, 0.4) is 0 Å². The minimum atomic E-state index is -0.939. The number of pyridine rings is 1. The zero-order valence-corrected chi connectivity index (χ0v) is 20.2. The lowest BCUT2D eigenvalue weighted by molar-refractivity contribution is -0.152. The maximum absolute atomic E-state index is 11.5. The Bertz CT molecular complexity index is 1340. The Morgan fingerprint density at radius 1 is 0.972 bits per heavy atom. The monoisotopic (exact) mass is 503 g/mol. The Morgan fingerprint density at radius 2 is 1.64 bits per heavy atom. The van der Waals surface area contributed by atoms with Gasteiger partial charge in [-0.25, -0.2) is 4.98 Å². The number of aliphatic hydroxyl groups is 1. The van der Waals surface area contributed by atoms with Crippen molar-refractivity contribution in [1.82, 2.24) is 10.0 Å². The molecule has 8 heteroatoms.